The highest BCUT2D eigenvalue weighted by molar-refractivity contribution is 5.79. The zero-order valence-electron chi connectivity index (χ0n) is 14.8. The molecule has 1 fully saturated rings. The lowest BCUT2D eigenvalue weighted by atomic mass is 10.2. The van der Waals surface area contributed by atoms with Crippen LogP contribution in [0.15, 0.2) is 27.8 Å². The maximum atomic E-state index is 5.64. The predicted octanol–water partition coefficient (Wildman–Crippen LogP) is 1.24. The van der Waals surface area contributed by atoms with Crippen LogP contribution in [0.5, 0.6) is 0 Å². The number of methoxy groups -OCH3 is 1. The number of aliphatic imine (C=N–C) groups is 1. The molecule has 7 nitrogen and oxygen atoms in total. The van der Waals surface area contributed by atoms with Gasteiger partial charge in [0.05, 0.1) is 32.1 Å². The second kappa shape index (κ2) is 11.1. The molecule has 2 rings (SSSR count). The smallest absolute Gasteiger partial charge is 0.191 e. The molecule has 136 valence electrons. The first-order valence-electron chi connectivity index (χ1n) is 8.63. The molecule has 1 saturated heterocycles. The van der Waals surface area contributed by atoms with Crippen molar-refractivity contribution >= 4 is 5.96 Å². The van der Waals surface area contributed by atoms with Crippen LogP contribution in [0, 0.1) is 0 Å². The largest absolute Gasteiger partial charge is 0.468 e. The Bertz CT molecular complexity index is 458. The zero-order valence-corrected chi connectivity index (χ0v) is 14.8. The summed E-state index contributed by atoms with van der Waals surface area (Å²) in [5.41, 5.74) is 0. The molecule has 1 aromatic heterocycles. The van der Waals surface area contributed by atoms with E-state index in [1.54, 1.807) is 20.4 Å². The third-order valence-corrected chi connectivity index (χ3v) is 4.11. The number of likely N-dealkylation sites (tertiary alicyclic amines) is 1. The highest BCUT2D eigenvalue weighted by Gasteiger charge is 2.25. The van der Waals surface area contributed by atoms with Gasteiger partial charge in [-0.1, -0.05) is 0 Å². The monoisotopic (exact) mass is 338 g/mol. The molecule has 1 atom stereocenters. The number of hydrogen-bond donors (Lipinski definition) is 2. The number of guanidine groups is 1. The van der Waals surface area contributed by atoms with Gasteiger partial charge in [-0.25, -0.2) is 0 Å². The minimum atomic E-state index is 0.235. The number of rotatable bonds is 10. The van der Waals surface area contributed by atoms with E-state index in [1.165, 1.54) is 12.8 Å². The Hall–Kier alpha value is -1.57. The van der Waals surface area contributed by atoms with Crippen LogP contribution in [0.1, 0.15) is 24.6 Å². The first-order valence-corrected chi connectivity index (χ1v) is 8.63. The second-order valence-electron chi connectivity index (χ2n) is 5.76. The molecular weight excluding hydrogens is 308 g/mol. The van der Waals surface area contributed by atoms with E-state index >= 15 is 0 Å². The summed E-state index contributed by atoms with van der Waals surface area (Å²) in [4.78, 5) is 6.73. The number of nitrogens with one attached hydrogen (secondary N) is 2. The molecule has 7 heteroatoms. The Morgan fingerprint density at radius 2 is 2.12 bits per heavy atom. The summed E-state index contributed by atoms with van der Waals surface area (Å²) in [7, 11) is 3.45. The quantitative estimate of drug-likeness (QED) is 0.380. The van der Waals surface area contributed by atoms with Crippen LogP contribution in [0.25, 0.3) is 0 Å². The van der Waals surface area contributed by atoms with E-state index in [0.29, 0.717) is 26.4 Å². The van der Waals surface area contributed by atoms with E-state index in [0.717, 1.165) is 31.4 Å². The summed E-state index contributed by atoms with van der Waals surface area (Å²) < 4.78 is 16.0. The summed E-state index contributed by atoms with van der Waals surface area (Å²) in [5, 5.41) is 6.66. The maximum Gasteiger partial charge on any atom is 0.191 e. The topological polar surface area (TPSA) is 71.3 Å². The zero-order chi connectivity index (χ0) is 17.0. The molecule has 0 aliphatic carbocycles. The first-order chi connectivity index (χ1) is 11.8. The van der Waals surface area contributed by atoms with Crippen molar-refractivity contribution in [1.82, 2.24) is 15.5 Å². The van der Waals surface area contributed by atoms with Crippen molar-refractivity contribution in [1.29, 1.82) is 0 Å². The lowest BCUT2D eigenvalue weighted by molar-refractivity contribution is 0.0733. The van der Waals surface area contributed by atoms with Crippen LogP contribution in [-0.2, 0) is 9.47 Å². The standard InChI is InChI=1S/C17H30N4O3/c1-18-17(19-7-11-23-13-12-22-2)20-14-15(16-6-5-10-24-16)21-8-3-4-9-21/h5-6,10,15H,3-4,7-9,11-14H2,1-2H3,(H2,18,19,20). The lowest BCUT2D eigenvalue weighted by Crippen LogP contribution is -2.43. The van der Waals surface area contributed by atoms with Gasteiger partial charge in [-0.15, -0.1) is 0 Å². The van der Waals surface area contributed by atoms with E-state index in [9.17, 15) is 0 Å². The van der Waals surface area contributed by atoms with Gasteiger partial charge in [-0.3, -0.25) is 9.89 Å². The number of nitrogens with zero attached hydrogens (tertiary/aromatic N) is 2. The van der Waals surface area contributed by atoms with Gasteiger partial charge in [0.2, 0.25) is 0 Å². The molecule has 1 unspecified atom stereocenters. The second-order valence-corrected chi connectivity index (χ2v) is 5.76. The van der Waals surface area contributed by atoms with Gasteiger partial charge in [0.1, 0.15) is 5.76 Å². The lowest BCUT2D eigenvalue weighted by Gasteiger charge is -2.26. The van der Waals surface area contributed by atoms with Crippen molar-refractivity contribution in [3.8, 4) is 0 Å². The van der Waals surface area contributed by atoms with Gasteiger partial charge in [0.25, 0.3) is 0 Å². The van der Waals surface area contributed by atoms with Crippen LogP contribution in [-0.4, -0.2) is 71.0 Å². The van der Waals surface area contributed by atoms with E-state index in [2.05, 4.69) is 20.5 Å². The van der Waals surface area contributed by atoms with Gasteiger partial charge in [0.15, 0.2) is 5.96 Å². The van der Waals surface area contributed by atoms with Crippen LogP contribution in [0.3, 0.4) is 0 Å². The van der Waals surface area contributed by atoms with Gasteiger partial charge >= 0.3 is 0 Å². The van der Waals surface area contributed by atoms with Crippen molar-refractivity contribution in [3.05, 3.63) is 24.2 Å². The maximum absolute atomic E-state index is 5.64. The SMILES string of the molecule is CN=C(NCCOCCOC)NCC(c1ccco1)N1CCCC1. The number of hydrogen-bond acceptors (Lipinski definition) is 5. The van der Waals surface area contributed by atoms with Crippen molar-refractivity contribution in [3.63, 3.8) is 0 Å². The normalized spacial score (nSPS) is 17.2. The molecule has 0 saturated carbocycles. The third-order valence-electron chi connectivity index (χ3n) is 4.11. The highest BCUT2D eigenvalue weighted by Crippen LogP contribution is 2.24. The fourth-order valence-electron chi connectivity index (χ4n) is 2.84. The molecule has 24 heavy (non-hydrogen) atoms. The fraction of sp³-hybridized carbons (Fsp3) is 0.706. The average Bonchev–Trinajstić information content (AvgIpc) is 3.30. The first kappa shape index (κ1) is 18.8. The van der Waals surface area contributed by atoms with Crippen molar-refractivity contribution < 1.29 is 13.9 Å². The Kier molecular flexibility index (Phi) is 8.65. The molecule has 2 heterocycles. The summed E-state index contributed by atoms with van der Waals surface area (Å²) in [6.45, 7) is 5.56. The van der Waals surface area contributed by atoms with Gasteiger partial charge in [-0.05, 0) is 38.1 Å². The minimum Gasteiger partial charge on any atom is -0.468 e. The van der Waals surface area contributed by atoms with Gasteiger partial charge in [-0.2, -0.15) is 0 Å². The highest BCUT2D eigenvalue weighted by atomic mass is 16.5. The number of ether oxygens (including phenoxy) is 2. The van der Waals surface area contributed by atoms with Crippen LogP contribution in [0.2, 0.25) is 0 Å². The number of furan rings is 1. The molecule has 1 aliphatic heterocycles. The average molecular weight is 338 g/mol. The van der Waals surface area contributed by atoms with Crippen LogP contribution < -0.4 is 10.6 Å². The summed E-state index contributed by atoms with van der Waals surface area (Å²) >= 11 is 0. The van der Waals surface area contributed by atoms with Crippen LogP contribution in [0.4, 0.5) is 0 Å². The molecule has 1 aromatic rings. The molecule has 0 radical (unpaired) electrons. The van der Waals surface area contributed by atoms with E-state index in [4.69, 9.17) is 13.9 Å². The Morgan fingerprint density at radius 1 is 1.29 bits per heavy atom. The molecule has 1 aliphatic rings. The van der Waals surface area contributed by atoms with Crippen LogP contribution >= 0.6 is 0 Å². The molecular formula is C17H30N4O3. The summed E-state index contributed by atoms with van der Waals surface area (Å²) in [6, 6.07) is 4.23. The fourth-order valence-corrected chi connectivity index (χ4v) is 2.84. The molecule has 0 amide bonds. The molecule has 2 N–H and O–H groups in total. The summed E-state index contributed by atoms with van der Waals surface area (Å²) in [5.74, 6) is 1.78. The minimum absolute atomic E-state index is 0.235. The predicted molar refractivity (Wildman–Crippen MR) is 94.3 cm³/mol. The Balaban J connectivity index is 1.75. The molecule has 0 spiro atoms. The third kappa shape index (κ3) is 6.14. The van der Waals surface area contributed by atoms with Crippen molar-refractivity contribution in [2.45, 2.75) is 18.9 Å². The Morgan fingerprint density at radius 3 is 2.79 bits per heavy atom. The molecule has 0 bridgehead atoms. The van der Waals surface area contributed by atoms with E-state index < -0.39 is 0 Å². The molecule has 0 aromatic carbocycles. The van der Waals surface area contributed by atoms with Crippen molar-refractivity contribution in [2.24, 2.45) is 4.99 Å². The van der Waals surface area contributed by atoms with E-state index in [1.807, 2.05) is 12.1 Å². The van der Waals surface area contributed by atoms with Gasteiger partial charge in [0, 0.05) is 27.2 Å². The van der Waals surface area contributed by atoms with Crippen molar-refractivity contribution in [2.75, 3.05) is 60.2 Å². The van der Waals surface area contributed by atoms with Gasteiger partial charge < -0.3 is 24.5 Å². The summed E-state index contributed by atoms with van der Waals surface area (Å²) in [6.07, 6.45) is 4.24. The van der Waals surface area contributed by atoms with E-state index in [-0.39, 0.29) is 6.04 Å². The Labute approximate surface area is 144 Å².